The molecule has 0 aliphatic rings. The third-order valence-corrected chi connectivity index (χ3v) is 4.81. The molecule has 2 aromatic heterocycles. The molecule has 2 heterocycles. The predicted molar refractivity (Wildman–Crippen MR) is 119 cm³/mol. The lowest BCUT2D eigenvalue weighted by molar-refractivity contribution is -0.140. The quantitative estimate of drug-likeness (QED) is 0.265. The number of urea groups is 1. The summed E-state index contributed by atoms with van der Waals surface area (Å²) in [7, 11) is 0. The van der Waals surface area contributed by atoms with Crippen molar-refractivity contribution < 1.29 is 34.5 Å². The lowest BCUT2D eigenvalue weighted by Gasteiger charge is -2.24. The van der Waals surface area contributed by atoms with Gasteiger partial charge in [0.1, 0.15) is 12.1 Å². The molecular formula is C22H27N5O7. The van der Waals surface area contributed by atoms with Crippen LogP contribution in [0.25, 0.3) is 0 Å². The molecule has 0 aromatic carbocycles. The monoisotopic (exact) mass is 473 g/mol. The first-order chi connectivity index (χ1) is 16.2. The van der Waals surface area contributed by atoms with E-state index in [4.69, 9.17) is 10.2 Å². The molecule has 5 N–H and O–H groups in total. The van der Waals surface area contributed by atoms with Crippen LogP contribution in [0.2, 0.25) is 0 Å². The average molecular weight is 473 g/mol. The van der Waals surface area contributed by atoms with E-state index in [9.17, 15) is 24.3 Å². The van der Waals surface area contributed by atoms with Crippen LogP contribution in [0.4, 0.5) is 4.79 Å². The van der Waals surface area contributed by atoms with Gasteiger partial charge in [0.25, 0.3) is 0 Å². The summed E-state index contributed by atoms with van der Waals surface area (Å²) in [4.78, 5) is 56.4. The van der Waals surface area contributed by atoms with Crippen LogP contribution in [0.15, 0.2) is 48.8 Å². The molecule has 0 saturated heterocycles. The average Bonchev–Trinajstić information content (AvgIpc) is 2.80. The van der Waals surface area contributed by atoms with E-state index in [1.165, 1.54) is 0 Å². The number of carbonyl (C=O) groups is 4. The molecule has 0 aliphatic heterocycles. The molecular weight excluding hydrogens is 446 g/mol. The van der Waals surface area contributed by atoms with Crippen LogP contribution in [-0.4, -0.2) is 72.8 Å². The molecule has 0 fully saturated rings. The van der Waals surface area contributed by atoms with E-state index in [0.29, 0.717) is 13.1 Å². The van der Waals surface area contributed by atoms with Crippen molar-refractivity contribution in [1.29, 1.82) is 0 Å². The summed E-state index contributed by atoms with van der Waals surface area (Å²) < 4.78 is 0. The highest BCUT2D eigenvalue weighted by atomic mass is 16.4. The highest BCUT2D eigenvalue weighted by molar-refractivity contribution is 5.86. The Kier molecular flexibility index (Phi) is 10.4. The second kappa shape index (κ2) is 13.5. The van der Waals surface area contributed by atoms with Crippen LogP contribution in [0.5, 0.6) is 0 Å². The Bertz CT molecular complexity index is 917. The van der Waals surface area contributed by atoms with Crippen LogP contribution in [-0.2, 0) is 27.5 Å². The molecule has 34 heavy (non-hydrogen) atoms. The van der Waals surface area contributed by atoms with Gasteiger partial charge in [-0.15, -0.1) is 0 Å². The molecule has 12 nitrogen and oxygen atoms in total. The van der Waals surface area contributed by atoms with Crippen molar-refractivity contribution in [2.24, 2.45) is 0 Å². The first-order valence-electron chi connectivity index (χ1n) is 10.5. The second-order valence-electron chi connectivity index (χ2n) is 7.47. The van der Waals surface area contributed by atoms with Crippen LogP contribution >= 0.6 is 0 Å². The van der Waals surface area contributed by atoms with Gasteiger partial charge >= 0.3 is 23.9 Å². The molecule has 0 radical (unpaired) electrons. The van der Waals surface area contributed by atoms with Gasteiger partial charge in [-0.1, -0.05) is 12.1 Å². The maximum absolute atomic E-state index is 12.2. The highest BCUT2D eigenvalue weighted by Gasteiger charge is 2.25. The number of carboxylic acids is 3. The minimum absolute atomic E-state index is 0.0231. The fraction of sp³-hybridized carbons (Fsp3) is 0.364. The number of pyridine rings is 2. The number of nitrogens with zero attached hydrogens (tertiary/aromatic N) is 3. The van der Waals surface area contributed by atoms with E-state index in [0.717, 1.165) is 11.4 Å². The first kappa shape index (κ1) is 26.2. The summed E-state index contributed by atoms with van der Waals surface area (Å²) in [5.74, 6) is -3.92. The number of hydrogen-bond acceptors (Lipinski definition) is 7. The molecule has 12 heteroatoms. The van der Waals surface area contributed by atoms with Crippen molar-refractivity contribution in [3.05, 3.63) is 60.2 Å². The van der Waals surface area contributed by atoms with Crippen molar-refractivity contribution in [1.82, 2.24) is 25.5 Å². The predicted octanol–water partition coefficient (Wildman–Crippen LogP) is 0.939. The van der Waals surface area contributed by atoms with E-state index in [1.54, 1.807) is 24.5 Å². The Balaban J connectivity index is 2.01. The lowest BCUT2D eigenvalue weighted by Crippen LogP contribution is -2.51. The summed E-state index contributed by atoms with van der Waals surface area (Å²) in [6.45, 7) is 1.12. The SMILES string of the molecule is O=C(O)CCC(NC(=O)NC(CCN(Cc1ccccn1)Cc1ccccn1)C(=O)O)C(=O)O. The summed E-state index contributed by atoms with van der Waals surface area (Å²) >= 11 is 0. The largest absolute Gasteiger partial charge is 0.481 e. The van der Waals surface area contributed by atoms with Crippen molar-refractivity contribution in [2.45, 2.75) is 44.4 Å². The Morgan fingerprint density at radius 2 is 1.29 bits per heavy atom. The van der Waals surface area contributed by atoms with Crippen LogP contribution in [0.3, 0.4) is 0 Å². The molecule has 182 valence electrons. The third kappa shape index (κ3) is 9.61. The maximum atomic E-state index is 12.2. The van der Waals surface area contributed by atoms with Crippen molar-refractivity contribution in [3.8, 4) is 0 Å². The standard InChI is InChI=1S/C22H27N5O7/c28-19(29)8-7-17(20(30)31)25-22(34)26-18(21(32)33)9-12-27(13-15-5-1-3-10-23-15)14-16-6-2-4-11-24-16/h1-6,10-11,17-18H,7-9,12-14H2,(H,28,29)(H,30,31)(H,32,33)(H2,25,26,34). The number of nitrogens with one attached hydrogen (secondary N) is 2. The molecule has 2 aromatic rings. The molecule has 2 unspecified atom stereocenters. The van der Waals surface area contributed by atoms with Gasteiger partial charge in [-0.05, 0) is 37.1 Å². The number of amides is 2. The molecule has 0 aliphatic carbocycles. The van der Waals surface area contributed by atoms with Gasteiger partial charge in [-0.2, -0.15) is 0 Å². The molecule has 0 spiro atoms. The van der Waals surface area contributed by atoms with Gasteiger partial charge in [-0.3, -0.25) is 19.7 Å². The number of hydrogen-bond donors (Lipinski definition) is 5. The molecule has 2 atom stereocenters. The van der Waals surface area contributed by atoms with E-state index in [2.05, 4.69) is 20.6 Å². The van der Waals surface area contributed by atoms with E-state index < -0.39 is 42.4 Å². The van der Waals surface area contributed by atoms with Crippen LogP contribution in [0, 0.1) is 0 Å². The normalized spacial score (nSPS) is 12.5. The van der Waals surface area contributed by atoms with E-state index in [-0.39, 0.29) is 19.4 Å². The zero-order chi connectivity index (χ0) is 24.9. The molecule has 2 rings (SSSR count). The van der Waals surface area contributed by atoms with Crippen molar-refractivity contribution in [2.75, 3.05) is 6.54 Å². The van der Waals surface area contributed by atoms with Crippen molar-refractivity contribution in [3.63, 3.8) is 0 Å². The Morgan fingerprint density at radius 3 is 1.71 bits per heavy atom. The minimum Gasteiger partial charge on any atom is -0.481 e. The zero-order valence-electron chi connectivity index (χ0n) is 18.3. The van der Waals surface area contributed by atoms with Gasteiger partial charge in [0.15, 0.2) is 0 Å². The lowest BCUT2D eigenvalue weighted by atomic mass is 10.1. The fourth-order valence-corrected chi connectivity index (χ4v) is 3.11. The Hall–Kier alpha value is -4.06. The summed E-state index contributed by atoms with van der Waals surface area (Å²) in [6.07, 6.45) is 2.54. The van der Waals surface area contributed by atoms with Crippen LogP contribution in [0.1, 0.15) is 30.7 Å². The van der Waals surface area contributed by atoms with Gasteiger partial charge in [0.05, 0.1) is 11.4 Å². The second-order valence-corrected chi connectivity index (χ2v) is 7.47. The van der Waals surface area contributed by atoms with Gasteiger partial charge in [-0.25, -0.2) is 14.4 Å². The number of aliphatic carboxylic acids is 3. The first-order valence-corrected chi connectivity index (χ1v) is 10.5. The fourth-order valence-electron chi connectivity index (χ4n) is 3.11. The van der Waals surface area contributed by atoms with E-state index in [1.807, 2.05) is 29.2 Å². The molecule has 0 bridgehead atoms. The number of carboxylic acid groups (broad SMARTS) is 3. The summed E-state index contributed by atoms with van der Waals surface area (Å²) in [5, 5.41) is 31.8. The minimum atomic E-state index is -1.46. The van der Waals surface area contributed by atoms with Gasteiger partial charge < -0.3 is 26.0 Å². The maximum Gasteiger partial charge on any atom is 0.326 e. The molecule has 2 amide bonds. The third-order valence-electron chi connectivity index (χ3n) is 4.81. The smallest absolute Gasteiger partial charge is 0.326 e. The van der Waals surface area contributed by atoms with Gasteiger partial charge in [0.2, 0.25) is 0 Å². The van der Waals surface area contributed by atoms with E-state index >= 15 is 0 Å². The Morgan fingerprint density at radius 1 is 0.794 bits per heavy atom. The number of aromatic nitrogens is 2. The highest BCUT2D eigenvalue weighted by Crippen LogP contribution is 2.09. The topological polar surface area (TPSA) is 182 Å². The zero-order valence-corrected chi connectivity index (χ0v) is 18.3. The van der Waals surface area contributed by atoms with Crippen molar-refractivity contribution >= 4 is 23.9 Å². The summed E-state index contributed by atoms with van der Waals surface area (Å²) in [5.41, 5.74) is 1.55. The summed E-state index contributed by atoms with van der Waals surface area (Å²) in [6, 6.07) is 7.18. The number of rotatable bonds is 14. The Labute approximate surface area is 195 Å². The molecule has 0 saturated carbocycles. The van der Waals surface area contributed by atoms with Gasteiger partial charge in [0, 0.05) is 38.4 Å². The van der Waals surface area contributed by atoms with Crippen LogP contribution < -0.4 is 10.6 Å². The number of carbonyl (C=O) groups excluding carboxylic acids is 1.